The molecule has 29 heavy (non-hydrogen) atoms. The van der Waals surface area contributed by atoms with Gasteiger partial charge in [0.25, 0.3) is 0 Å². The molecule has 0 atom stereocenters. The van der Waals surface area contributed by atoms with E-state index >= 15 is 0 Å². The van der Waals surface area contributed by atoms with Crippen molar-refractivity contribution in [1.82, 2.24) is 0 Å². The zero-order valence-electron chi connectivity index (χ0n) is 18.3. The maximum atomic E-state index is 12.5. The molecule has 0 saturated heterocycles. The van der Waals surface area contributed by atoms with Gasteiger partial charge in [-0.25, -0.2) is 4.79 Å². The normalized spacial score (nSPS) is 14.8. The fourth-order valence-electron chi connectivity index (χ4n) is 3.61. The molecular formula is C21H33O6PSi. The molecule has 0 amide bonds. The fourth-order valence-corrected chi connectivity index (χ4v) is 5.10. The second kappa shape index (κ2) is 9.17. The number of carbonyl (C=O) groups excluding carboxylic acids is 1. The summed E-state index contributed by atoms with van der Waals surface area (Å²) in [5.74, 6) is 0.231. The van der Waals surface area contributed by atoms with Crippen molar-refractivity contribution in [1.29, 1.82) is 0 Å². The number of allylic oxidation sites excluding steroid dienone is 2. The molecule has 1 aromatic rings. The Bertz CT molecular complexity index is 863. The van der Waals surface area contributed by atoms with E-state index in [-0.39, 0.29) is 18.7 Å². The number of benzene rings is 1. The van der Waals surface area contributed by atoms with Crippen LogP contribution in [0.1, 0.15) is 46.5 Å². The third-order valence-corrected chi connectivity index (χ3v) is 7.80. The summed E-state index contributed by atoms with van der Waals surface area (Å²) >= 11 is 0. The maximum absolute atomic E-state index is 12.5. The van der Waals surface area contributed by atoms with Crippen LogP contribution in [-0.4, -0.2) is 36.6 Å². The first-order chi connectivity index (χ1) is 13.3. The van der Waals surface area contributed by atoms with E-state index in [0.29, 0.717) is 29.9 Å². The molecule has 1 aliphatic rings. The quantitative estimate of drug-likeness (QED) is 0.252. The van der Waals surface area contributed by atoms with Gasteiger partial charge in [-0.3, -0.25) is 4.57 Å². The van der Waals surface area contributed by atoms with Crippen molar-refractivity contribution in [2.75, 3.05) is 12.8 Å². The van der Waals surface area contributed by atoms with Gasteiger partial charge in [0.05, 0.1) is 12.8 Å². The smallest absolute Gasteiger partial charge is 0.342 e. The molecule has 6 nitrogen and oxygen atoms in total. The standard InChI is InChI=1S/C21H33O6PSi/c1-7-16-15(3)18-12-27-21(22)19(18)20(26-10-11-29(4,5)6)17(16)9-8-14(2)13-28(23,24)25/h8H,7,9-13H2,1-6H3,(H2,23,24,25)/b14-8+. The van der Waals surface area contributed by atoms with E-state index in [1.807, 2.05) is 13.0 Å². The highest BCUT2D eigenvalue weighted by molar-refractivity contribution is 7.52. The van der Waals surface area contributed by atoms with Crippen LogP contribution in [-0.2, 0) is 28.8 Å². The second-order valence-corrected chi connectivity index (χ2v) is 16.2. The van der Waals surface area contributed by atoms with Crippen LogP contribution in [0.15, 0.2) is 11.6 Å². The molecule has 0 aromatic heterocycles. The van der Waals surface area contributed by atoms with Gasteiger partial charge in [0.2, 0.25) is 0 Å². The molecular weight excluding hydrogens is 407 g/mol. The monoisotopic (exact) mass is 440 g/mol. The molecule has 0 unspecified atom stereocenters. The lowest BCUT2D eigenvalue weighted by atomic mass is 9.89. The van der Waals surface area contributed by atoms with Crippen molar-refractivity contribution >= 4 is 21.6 Å². The van der Waals surface area contributed by atoms with Gasteiger partial charge in [-0.15, -0.1) is 0 Å². The SMILES string of the molecule is CCc1c(C)c2c(c(OCC[Si](C)(C)C)c1C/C=C(\C)CP(=O)(O)O)C(=O)OC2. The predicted octanol–water partition coefficient (Wildman–Crippen LogP) is 4.61. The molecule has 162 valence electrons. The minimum Gasteiger partial charge on any atom is -0.493 e. The van der Waals surface area contributed by atoms with Crippen molar-refractivity contribution in [3.8, 4) is 5.75 Å². The van der Waals surface area contributed by atoms with E-state index in [2.05, 4.69) is 26.6 Å². The number of hydrogen-bond donors (Lipinski definition) is 2. The van der Waals surface area contributed by atoms with E-state index in [0.717, 1.165) is 34.7 Å². The third kappa shape index (κ3) is 6.29. The predicted molar refractivity (Wildman–Crippen MR) is 118 cm³/mol. The molecule has 0 bridgehead atoms. The van der Waals surface area contributed by atoms with Gasteiger partial charge in [-0.2, -0.15) is 0 Å². The molecule has 0 aliphatic carbocycles. The van der Waals surface area contributed by atoms with Crippen molar-refractivity contribution < 1.29 is 28.6 Å². The number of carbonyl (C=O) groups is 1. The number of cyclic esters (lactones) is 1. The van der Waals surface area contributed by atoms with Gasteiger partial charge in [0.15, 0.2) is 0 Å². The number of fused-ring (bicyclic) bond motifs is 1. The second-order valence-electron chi connectivity index (χ2n) is 8.93. The Morgan fingerprint density at radius 1 is 1.28 bits per heavy atom. The molecule has 0 fully saturated rings. The van der Waals surface area contributed by atoms with Gasteiger partial charge in [-0.05, 0) is 43.9 Å². The van der Waals surface area contributed by atoms with E-state index in [1.54, 1.807) is 6.92 Å². The van der Waals surface area contributed by atoms with Crippen molar-refractivity contribution in [3.05, 3.63) is 39.5 Å². The van der Waals surface area contributed by atoms with Gasteiger partial charge < -0.3 is 19.3 Å². The van der Waals surface area contributed by atoms with Crippen LogP contribution in [0.25, 0.3) is 0 Å². The highest BCUT2D eigenvalue weighted by atomic mass is 31.2. The van der Waals surface area contributed by atoms with Crippen molar-refractivity contribution in [2.45, 2.75) is 65.9 Å². The first-order valence-electron chi connectivity index (χ1n) is 10.0. The zero-order chi connectivity index (χ0) is 22.0. The van der Waals surface area contributed by atoms with Crippen LogP contribution >= 0.6 is 7.60 Å². The summed E-state index contributed by atoms with van der Waals surface area (Å²) in [5.41, 5.74) is 5.12. The van der Waals surface area contributed by atoms with Gasteiger partial charge >= 0.3 is 13.6 Å². The average molecular weight is 441 g/mol. The highest BCUT2D eigenvalue weighted by Gasteiger charge is 2.32. The topological polar surface area (TPSA) is 93.1 Å². The number of hydrogen-bond acceptors (Lipinski definition) is 4. The number of esters is 1. The Labute approximate surface area is 174 Å². The van der Waals surface area contributed by atoms with Crippen LogP contribution in [0.2, 0.25) is 25.7 Å². The largest absolute Gasteiger partial charge is 0.493 e. The number of ether oxygens (including phenoxy) is 2. The summed E-state index contributed by atoms with van der Waals surface area (Å²) < 4.78 is 22.8. The summed E-state index contributed by atoms with van der Waals surface area (Å²) in [5, 5.41) is 0. The Hall–Kier alpha value is -1.40. The Kier molecular flexibility index (Phi) is 7.55. The third-order valence-electron chi connectivity index (χ3n) is 5.19. The summed E-state index contributed by atoms with van der Waals surface area (Å²) in [7, 11) is -5.42. The highest BCUT2D eigenvalue weighted by Crippen LogP contribution is 2.40. The summed E-state index contributed by atoms with van der Waals surface area (Å²) in [4.78, 5) is 30.9. The van der Waals surface area contributed by atoms with Crippen molar-refractivity contribution in [3.63, 3.8) is 0 Å². The van der Waals surface area contributed by atoms with Crippen LogP contribution in [0.4, 0.5) is 0 Å². The first kappa shape index (κ1) is 23.9. The molecule has 2 N–H and O–H groups in total. The summed E-state index contributed by atoms with van der Waals surface area (Å²) in [6, 6.07) is 0.971. The van der Waals surface area contributed by atoms with E-state index in [9.17, 15) is 19.1 Å². The van der Waals surface area contributed by atoms with E-state index in [4.69, 9.17) is 9.47 Å². The molecule has 0 radical (unpaired) electrons. The molecule has 0 spiro atoms. The number of rotatable bonds is 9. The average Bonchev–Trinajstić information content (AvgIpc) is 2.94. The minimum absolute atomic E-state index is 0.269. The van der Waals surface area contributed by atoms with Gasteiger partial charge in [0, 0.05) is 19.2 Å². The lowest BCUT2D eigenvalue weighted by molar-refractivity contribution is 0.0532. The fraction of sp³-hybridized carbons (Fsp3) is 0.571. The maximum Gasteiger partial charge on any atom is 0.342 e. The first-order valence-corrected chi connectivity index (χ1v) is 15.5. The Balaban J connectivity index is 2.50. The molecule has 1 heterocycles. The molecule has 1 aliphatic heterocycles. The van der Waals surface area contributed by atoms with Crippen LogP contribution < -0.4 is 4.74 Å². The molecule has 8 heteroatoms. The Morgan fingerprint density at radius 3 is 2.48 bits per heavy atom. The lowest BCUT2D eigenvalue weighted by Gasteiger charge is -2.22. The minimum atomic E-state index is -4.11. The van der Waals surface area contributed by atoms with Gasteiger partial charge in [0.1, 0.15) is 17.9 Å². The van der Waals surface area contributed by atoms with E-state index < -0.39 is 15.7 Å². The van der Waals surface area contributed by atoms with Gasteiger partial charge in [-0.1, -0.05) is 38.2 Å². The molecule has 0 saturated carbocycles. The lowest BCUT2D eigenvalue weighted by Crippen LogP contribution is -2.23. The molecule has 2 rings (SSSR count). The van der Waals surface area contributed by atoms with Crippen molar-refractivity contribution in [2.24, 2.45) is 0 Å². The van der Waals surface area contributed by atoms with Crippen LogP contribution in [0.3, 0.4) is 0 Å². The van der Waals surface area contributed by atoms with Crippen LogP contribution in [0, 0.1) is 6.92 Å². The van der Waals surface area contributed by atoms with Crippen LogP contribution in [0.5, 0.6) is 5.75 Å². The molecule has 1 aromatic carbocycles. The van der Waals surface area contributed by atoms with E-state index in [1.165, 1.54) is 0 Å². The summed E-state index contributed by atoms with van der Waals surface area (Å²) in [6.45, 7) is 13.4. The summed E-state index contributed by atoms with van der Waals surface area (Å²) in [6.07, 6.45) is 2.79. The zero-order valence-corrected chi connectivity index (χ0v) is 20.2. The Morgan fingerprint density at radius 2 is 1.93 bits per heavy atom.